The van der Waals surface area contributed by atoms with Crippen LogP contribution < -0.4 is 5.32 Å². The van der Waals surface area contributed by atoms with Crippen molar-refractivity contribution < 1.29 is 9.90 Å². The zero-order valence-corrected chi connectivity index (χ0v) is 9.92. The first-order chi connectivity index (χ1) is 6.99. The number of carbonyl (C=O) groups is 1. The van der Waals surface area contributed by atoms with Gasteiger partial charge in [0.25, 0.3) is 0 Å². The number of likely N-dealkylation sites (tertiary alicyclic amines) is 1. The first kappa shape index (κ1) is 12.5. The molecular weight excluding hydrogens is 192 g/mol. The Hall–Kier alpha value is -0.610. The van der Waals surface area contributed by atoms with Gasteiger partial charge in [-0.15, -0.1) is 0 Å². The van der Waals surface area contributed by atoms with Gasteiger partial charge < -0.3 is 10.4 Å². The standard InChI is InChI=1S/C11H22N2O2/c1-4-12-11(3,10(14)15)8-13-7-5-6-9(13)2/h9,12H,4-8H2,1-3H3,(H,14,15). The minimum Gasteiger partial charge on any atom is -0.480 e. The fourth-order valence-corrected chi connectivity index (χ4v) is 2.22. The zero-order valence-electron chi connectivity index (χ0n) is 9.92. The summed E-state index contributed by atoms with van der Waals surface area (Å²) in [4.78, 5) is 13.5. The first-order valence-corrected chi connectivity index (χ1v) is 5.72. The van der Waals surface area contributed by atoms with E-state index in [-0.39, 0.29) is 0 Å². The van der Waals surface area contributed by atoms with Gasteiger partial charge in [-0.05, 0) is 39.8 Å². The van der Waals surface area contributed by atoms with Crippen LogP contribution in [0.3, 0.4) is 0 Å². The van der Waals surface area contributed by atoms with E-state index in [1.807, 2.05) is 6.92 Å². The van der Waals surface area contributed by atoms with Crippen LogP contribution in [0.25, 0.3) is 0 Å². The Labute approximate surface area is 91.6 Å². The summed E-state index contributed by atoms with van der Waals surface area (Å²) in [6.07, 6.45) is 2.37. The summed E-state index contributed by atoms with van der Waals surface area (Å²) >= 11 is 0. The third-order valence-corrected chi connectivity index (χ3v) is 3.25. The SMILES string of the molecule is CCNC(C)(CN1CCCC1C)C(=O)O. The number of carboxylic acids is 1. The Morgan fingerprint density at radius 3 is 2.73 bits per heavy atom. The smallest absolute Gasteiger partial charge is 0.324 e. The van der Waals surface area contributed by atoms with Crippen LogP contribution in [0.2, 0.25) is 0 Å². The van der Waals surface area contributed by atoms with Gasteiger partial charge in [-0.1, -0.05) is 6.92 Å². The number of hydrogen-bond donors (Lipinski definition) is 2. The number of hydrogen-bond acceptors (Lipinski definition) is 3. The van der Waals surface area contributed by atoms with Gasteiger partial charge in [0.05, 0.1) is 0 Å². The second-order valence-electron chi connectivity index (χ2n) is 4.63. The summed E-state index contributed by atoms with van der Waals surface area (Å²) < 4.78 is 0. The van der Waals surface area contributed by atoms with E-state index in [4.69, 9.17) is 0 Å². The average molecular weight is 214 g/mol. The molecule has 1 saturated heterocycles. The Bertz CT molecular complexity index is 233. The lowest BCUT2D eigenvalue weighted by molar-refractivity contribution is -0.145. The van der Waals surface area contributed by atoms with Crippen molar-refractivity contribution in [1.29, 1.82) is 0 Å². The van der Waals surface area contributed by atoms with Crippen molar-refractivity contribution in [2.45, 2.75) is 45.2 Å². The first-order valence-electron chi connectivity index (χ1n) is 5.72. The van der Waals surface area contributed by atoms with Gasteiger partial charge in [0.2, 0.25) is 0 Å². The van der Waals surface area contributed by atoms with Gasteiger partial charge >= 0.3 is 5.97 Å². The van der Waals surface area contributed by atoms with Crippen LogP contribution in [0, 0.1) is 0 Å². The van der Waals surface area contributed by atoms with E-state index in [1.54, 1.807) is 6.92 Å². The second-order valence-corrected chi connectivity index (χ2v) is 4.63. The van der Waals surface area contributed by atoms with Crippen molar-refractivity contribution in [1.82, 2.24) is 10.2 Å². The van der Waals surface area contributed by atoms with Crippen molar-refractivity contribution >= 4 is 5.97 Å². The van der Waals surface area contributed by atoms with Gasteiger partial charge in [-0.25, -0.2) is 0 Å². The number of rotatable bonds is 5. The molecule has 2 atom stereocenters. The van der Waals surface area contributed by atoms with Crippen LogP contribution in [0.1, 0.15) is 33.6 Å². The van der Waals surface area contributed by atoms with Crippen LogP contribution in [0.5, 0.6) is 0 Å². The molecule has 2 unspecified atom stereocenters. The number of likely N-dealkylation sites (N-methyl/N-ethyl adjacent to an activating group) is 1. The third kappa shape index (κ3) is 2.92. The summed E-state index contributed by atoms with van der Waals surface area (Å²) in [6, 6.07) is 0.516. The van der Waals surface area contributed by atoms with Crippen molar-refractivity contribution in [3.05, 3.63) is 0 Å². The molecule has 0 spiro atoms. The molecule has 0 radical (unpaired) electrons. The zero-order chi connectivity index (χ0) is 11.5. The van der Waals surface area contributed by atoms with Crippen molar-refractivity contribution in [3.8, 4) is 0 Å². The fourth-order valence-electron chi connectivity index (χ4n) is 2.22. The summed E-state index contributed by atoms with van der Waals surface area (Å²) in [5, 5.41) is 12.3. The summed E-state index contributed by atoms with van der Waals surface area (Å²) in [5.74, 6) is -0.761. The predicted octanol–water partition coefficient (Wildman–Crippen LogP) is 0.923. The maximum absolute atomic E-state index is 11.2. The molecular formula is C11H22N2O2. The highest BCUT2D eigenvalue weighted by Crippen LogP contribution is 2.19. The Morgan fingerprint density at radius 1 is 1.67 bits per heavy atom. The van der Waals surface area contributed by atoms with Crippen molar-refractivity contribution in [2.24, 2.45) is 0 Å². The summed E-state index contributed by atoms with van der Waals surface area (Å²) in [5.41, 5.74) is -0.812. The number of aliphatic carboxylic acids is 1. The molecule has 0 aromatic rings. The Kier molecular flexibility index (Phi) is 4.11. The Balaban J connectivity index is 2.61. The lowest BCUT2D eigenvalue weighted by atomic mass is 10.0. The molecule has 1 fully saturated rings. The van der Waals surface area contributed by atoms with Crippen LogP contribution in [0.4, 0.5) is 0 Å². The molecule has 1 heterocycles. The van der Waals surface area contributed by atoms with E-state index < -0.39 is 11.5 Å². The number of nitrogens with one attached hydrogen (secondary N) is 1. The maximum Gasteiger partial charge on any atom is 0.324 e. The Morgan fingerprint density at radius 2 is 2.33 bits per heavy atom. The van der Waals surface area contributed by atoms with Crippen LogP contribution in [0.15, 0.2) is 0 Å². The predicted molar refractivity (Wildman–Crippen MR) is 60.0 cm³/mol. The van der Waals surface area contributed by atoms with Crippen LogP contribution in [-0.4, -0.2) is 47.2 Å². The average Bonchev–Trinajstić information content (AvgIpc) is 2.52. The van der Waals surface area contributed by atoms with E-state index in [9.17, 15) is 9.90 Å². The van der Waals surface area contributed by atoms with Crippen LogP contribution >= 0.6 is 0 Å². The topological polar surface area (TPSA) is 52.6 Å². The monoisotopic (exact) mass is 214 g/mol. The normalized spacial score (nSPS) is 26.5. The molecule has 0 aromatic heterocycles. The molecule has 1 aliphatic rings. The van der Waals surface area contributed by atoms with Gasteiger partial charge in [0.15, 0.2) is 0 Å². The largest absolute Gasteiger partial charge is 0.480 e. The molecule has 1 rings (SSSR count). The fraction of sp³-hybridized carbons (Fsp3) is 0.909. The van der Waals surface area contributed by atoms with Gasteiger partial charge in [0, 0.05) is 12.6 Å². The van der Waals surface area contributed by atoms with Gasteiger partial charge in [-0.2, -0.15) is 0 Å². The molecule has 0 aliphatic carbocycles. The molecule has 0 bridgehead atoms. The van der Waals surface area contributed by atoms with Crippen molar-refractivity contribution in [3.63, 3.8) is 0 Å². The quantitative estimate of drug-likeness (QED) is 0.714. The van der Waals surface area contributed by atoms with Crippen LogP contribution in [-0.2, 0) is 4.79 Å². The molecule has 4 nitrogen and oxygen atoms in total. The lowest BCUT2D eigenvalue weighted by Crippen LogP contribution is -2.57. The molecule has 1 aliphatic heterocycles. The third-order valence-electron chi connectivity index (χ3n) is 3.25. The number of carboxylic acid groups (broad SMARTS) is 1. The highest BCUT2D eigenvalue weighted by atomic mass is 16.4. The second kappa shape index (κ2) is 4.94. The van der Waals surface area contributed by atoms with Crippen molar-refractivity contribution in [2.75, 3.05) is 19.6 Å². The van der Waals surface area contributed by atoms with E-state index in [0.717, 1.165) is 6.54 Å². The molecule has 88 valence electrons. The molecule has 0 saturated carbocycles. The van der Waals surface area contributed by atoms with Gasteiger partial charge in [0.1, 0.15) is 5.54 Å². The highest BCUT2D eigenvalue weighted by molar-refractivity contribution is 5.78. The highest BCUT2D eigenvalue weighted by Gasteiger charge is 2.36. The van der Waals surface area contributed by atoms with E-state index in [2.05, 4.69) is 17.1 Å². The molecule has 4 heteroatoms. The number of nitrogens with zero attached hydrogens (tertiary/aromatic N) is 1. The van der Waals surface area contributed by atoms with Gasteiger partial charge in [-0.3, -0.25) is 9.69 Å². The summed E-state index contributed by atoms with van der Waals surface area (Å²) in [6.45, 7) is 8.18. The lowest BCUT2D eigenvalue weighted by Gasteiger charge is -2.32. The minimum absolute atomic E-state index is 0.516. The van der Waals surface area contributed by atoms with E-state index in [0.29, 0.717) is 19.1 Å². The molecule has 0 amide bonds. The van der Waals surface area contributed by atoms with E-state index >= 15 is 0 Å². The van der Waals surface area contributed by atoms with E-state index in [1.165, 1.54) is 12.8 Å². The molecule has 2 N–H and O–H groups in total. The minimum atomic E-state index is -0.812. The maximum atomic E-state index is 11.2. The molecule has 0 aromatic carbocycles. The molecule has 15 heavy (non-hydrogen) atoms. The summed E-state index contributed by atoms with van der Waals surface area (Å²) in [7, 11) is 0.